The molecule has 0 aliphatic carbocycles. The van der Waals surface area contributed by atoms with Crippen LogP contribution in [0.5, 0.6) is 0 Å². The second kappa shape index (κ2) is 4.49. The summed E-state index contributed by atoms with van der Waals surface area (Å²) in [5.41, 5.74) is 7.54. The number of imidazole rings is 1. The molecular formula is C11H11F3N3O-. The highest BCUT2D eigenvalue weighted by Gasteiger charge is 2.30. The number of hydrogen-bond acceptors (Lipinski definition) is 2. The zero-order valence-corrected chi connectivity index (χ0v) is 9.58. The van der Waals surface area contributed by atoms with Crippen molar-refractivity contribution in [2.45, 2.75) is 12.7 Å². The molecule has 7 heteroatoms. The molecule has 2 rings (SSSR count). The molecule has 0 bridgehead atoms. The summed E-state index contributed by atoms with van der Waals surface area (Å²) in [4.78, 5) is 3.81. The highest BCUT2D eigenvalue weighted by atomic mass is 19.4. The van der Waals surface area contributed by atoms with Gasteiger partial charge in [0.1, 0.15) is 0 Å². The molecule has 1 aromatic carbocycles. The van der Waals surface area contributed by atoms with Crippen LogP contribution in [0.4, 0.5) is 19.1 Å². The molecule has 0 radical (unpaired) electrons. The largest absolute Gasteiger partial charge is 0.416 e. The lowest BCUT2D eigenvalue weighted by atomic mass is 10.2. The number of ether oxygens (including phenoxy) is 1. The van der Waals surface area contributed by atoms with Gasteiger partial charge in [-0.05, 0) is 17.6 Å². The first-order chi connectivity index (χ1) is 8.43. The zero-order chi connectivity index (χ0) is 13.3. The number of benzene rings is 1. The molecule has 1 aromatic heterocycles. The second-order valence-electron chi connectivity index (χ2n) is 3.78. The lowest BCUT2D eigenvalue weighted by molar-refractivity contribution is -0.137. The van der Waals surface area contributed by atoms with E-state index in [4.69, 9.17) is 10.5 Å². The predicted octanol–water partition coefficient (Wildman–Crippen LogP) is 3.39. The number of rotatable bonds is 3. The Morgan fingerprint density at radius 3 is 2.72 bits per heavy atom. The molecule has 0 amide bonds. The average Bonchev–Trinajstić information content (AvgIpc) is 2.60. The molecule has 0 saturated carbocycles. The van der Waals surface area contributed by atoms with Crippen LogP contribution in [0, 0.1) is 0 Å². The van der Waals surface area contributed by atoms with E-state index in [1.54, 1.807) is 0 Å². The average molecular weight is 258 g/mol. The first-order valence-electron chi connectivity index (χ1n) is 5.21. The van der Waals surface area contributed by atoms with E-state index in [1.165, 1.54) is 17.7 Å². The first kappa shape index (κ1) is 12.7. The molecule has 0 saturated heterocycles. The second-order valence-corrected chi connectivity index (χ2v) is 3.78. The van der Waals surface area contributed by atoms with Gasteiger partial charge in [-0.25, -0.2) is 0 Å². The predicted molar refractivity (Wildman–Crippen MR) is 60.6 cm³/mol. The molecule has 4 nitrogen and oxygen atoms in total. The smallest absolute Gasteiger partial charge is 0.411 e. The molecule has 0 fully saturated rings. The SMILES string of the molecule is COCCn1c([NH-])nc2cc(C(F)(F)F)ccc21. The zero-order valence-electron chi connectivity index (χ0n) is 9.58. The van der Waals surface area contributed by atoms with Crippen LogP contribution in [0.25, 0.3) is 16.8 Å². The summed E-state index contributed by atoms with van der Waals surface area (Å²) in [6, 6.07) is 3.28. The third kappa shape index (κ3) is 2.26. The number of methoxy groups -OCH3 is 1. The van der Waals surface area contributed by atoms with Crippen LogP contribution in [0.15, 0.2) is 18.2 Å². The topological polar surface area (TPSA) is 50.9 Å². The summed E-state index contributed by atoms with van der Waals surface area (Å²) in [7, 11) is 1.52. The van der Waals surface area contributed by atoms with Crippen molar-refractivity contribution in [2.24, 2.45) is 0 Å². The van der Waals surface area contributed by atoms with Gasteiger partial charge in [-0.2, -0.15) is 13.2 Å². The fraction of sp³-hybridized carbons (Fsp3) is 0.364. The van der Waals surface area contributed by atoms with E-state index in [0.29, 0.717) is 18.7 Å². The van der Waals surface area contributed by atoms with E-state index >= 15 is 0 Å². The normalized spacial score (nSPS) is 12.2. The van der Waals surface area contributed by atoms with Gasteiger partial charge in [-0.1, -0.05) is 6.07 Å². The number of hydrogen-bond donors (Lipinski definition) is 0. The number of nitrogens with zero attached hydrogens (tertiary/aromatic N) is 2. The summed E-state index contributed by atoms with van der Waals surface area (Å²) < 4.78 is 44.0. The third-order valence-electron chi connectivity index (χ3n) is 2.59. The van der Waals surface area contributed by atoms with Crippen LogP contribution < -0.4 is 0 Å². The van der Waals surface area contributed by atoms with E-state index in [0.717, 1.165) is 12.1 Å². The van der Waals surface area contributed by atoms with Gasteiger partial charge in [-0.3, -0.25) is 0 Å². The molecule has 0 spiro atoms. The van der Waals surface area contributed by atoms with Crippen molar-refractivity contribution < 1.29 is 17.9 Å². The van der Waals surface area contributed by atoms with Crippen molar-refractivity contribution in [3.8, 4) is 0 Å². The summed E-state index contributed by atoms with van der Waals surface area (Å²) in [6.45, 7) is 0.759. The van der Waals surface area contributed by atoms with Gasteiger partial charge in [-0.15, -0.1) is 0 Å². The Labute approximate surface area is 101 Å². The van der Waals surface area contributed by atoms with Gasteiger partial charge in [0.05, 0.1) is 12.2 Å². The summed E-state index contributed by atoms with van der Waals surface area (Å²) in [5, 5.41) is 0. The molecule has 1 heterocycles. The highest BCUT2D eigenvalue weighted by molar-refractivity contribution is 5.79. The lowest BCUT2D eigenvalue weighted by Crippen LogP contribution is -2.05. The minimum absolute atomic E-state index is 0.0682. The molecule has 0 aliphatic rings. The maximum atomic E-state index is 12.5. The number of nitrogens with one attached hydrogen (secondary N) is 1. The van der Waals surface area contributed by atoms with Crippen LogP contribution in [0.1, 0.15) is 5.56 Å². The van der Waals surface area contributed by atoms with Crippen molar-refractivity contribution in [3.05, 3.63) is 29.5 Å². The molecule has 2 aromatic rings. The number of aromatic nitrogens is 2. The Morgan fingerprint density at radius 2 is 2.11 bits per heavy atom. The molecule has 0 unspecified atom stereocenters. The highest BCUT2D eigenvalue weighted by Crippen LogP contribution is 2.32. The van der Waals surface area contributed by atoms with Crippen molar-refractivity contribution in [2.75, 3.05) is 13.7 Å². The minimum Gasteiger partial charge on any atom is -0.411 e. The van der Waals surface area contributed by atoms with Gasteiger partial charge in [0.15, 0.2) is 0 Å². The van der Waals surface area contributed by atoms with Crippen LogP contribution in [0.3, 0.4) is 0 Å². The van der Waals surface area contributed by atoms with Crippen molar-refractivity contribution in [1.82, 2.24) is 9.55 Å². The Morgan fingerprint density at radius 1 is 1.39 bits per heavy atom. The van der Waals surface area contributed by atoms with Crippen molar-refractivity contribution in [1.29, 1.82) is 0 Å². The van der Waals surface area contributed by atoms with E-state index in [9.17, 15) is 13.2 Å². The third-order valence-corrected chi connectivity index (χ3v) is 2.59. The maximum absolute atomic E-state index is 12.5. The van der Waals surface area contributed by atoms with Crippen molar-refractivity contribution in [3.63, 3.8) is 0 Å². The number of halogens is 3. The van der Waals surface area contributed by atoms with Crippen molar-refractivity contribution >= 4 is 17.0 Å². The molecular weight excluding hydrogens is 247 g/mol. The first-order valence-corrected chi connectivity index (χ1v) is 5.21. The summed E-state index contributed by atoms with van der Waals surface area (Å²) in [5.74, 6) is -0.0682. The minimum atomic E-state index is -4.40. The maximum Gasteiger partial charge on any atom is 0.416 e. The van der Waals surface area contributed by atoms with Crippen LogP contribution >= 0.6 is 0 Å². The van der Waals surface area contributed by atoms with Gasteiger partial charge < -0.3 is 20.0 Å². The Bertz CT molecular complexity index is 562. The Kier molecular flexibility index (Phi) is 3.16. The van der Waals surface area contributed by atoms with Gasteiger partial charge in [0.2, 0.25) is 0 Å². The Balaban J connectivity index is 2.48. The van der Waals surface area contributed by atoms with Crippen LogP contribution in [-0.4, -0.2) is 23.3 Å². The number of fused-ring (bicyclic) bond motifs is 1. The summed E-state index contributed by atoms with van der Waals surface area (Å²) >= 11 is 0. The van der Waals surface area contributed by atoms with E-state index < -0.39 is 11.7 Å². The molecule has 18 heavy (non-hydrogen) atoms. The van der Waals surface area contributed by atoms with E-state index in [-0.39, 0.29) is 11.5 Å². The molecule has 0 atom stereocenters. The van der Waals surface area contributed by atoms with E-state index in [2.05, 4.69) is 4.98 Å². The van der Waals surface area contributed by atoms with E-state index in [1.807, 2.05) is 0 Å². The fourth-order valence-corrected chi connectivity index (χ4v) is 1.72. The van der Waals surface area contributed by atoms with Gasteiger partial charge in [0.25, 0.3) is 0 Å². The molecule has 1 N–H and O–H groups in total. The number of alkyl halides is 3. The van der Waals surface area contributed by atoms with Crippen LogP contribution in [0.2, 0.25) is 0 Å². The van der Waals surface area contributed by atoms with Gasteiger partial charge >= 0.3 is 6.18 Å². The standard InChI is InChI=1S/C11H11F3N3O/c1-18-5-4-17-9-3-2-7(11(12,13)14)6-8(9)16-10(17)15/h2-3,6H,4-5H2,1H3,(H-,15,16)/q-1. The van der Waals surface area contributed by atoms with Gasteiger partial charge in [0, 0.05) is 25.1 Å². The summed E-state index contributed by atoms with van der Waals surface area (Å²) in [6.07, 6.45) is -4.40. The lowest BCUT2D eigenvalue weighted by Gasteiger charge is -2.12. The fourth-order valence-electron chi connectivity index (χ4n) is 1.72. The quantitative estimate of drug-likeness (QED) is 0.847. The Hall–Kier alpha value is -1.76. The molecule has 98 valence electrons. The monoisotopic (exact) mass is 258 g/mol. The van der Waals surface area contributed by atoms with Crippen LogP contribution in [-0.2, 0) is 17.5 Å². The molecule has 0 aliphatic heterocycles.